The molecule has 34 heavy (non-hydrogen) atoms. The van der Waals surface area contributed by atoms with Crippen LogP contribution >= 0.6 is 0 Å². The Morgan fingerprint density at radius 1 is 1.06 bits per heavy atom. The first-order valence-electron chi connectivity index (χ1n) is 10.1. The second-order valence-electron chi connectivity index (χ2n) is 7.85. The van der Waals surface area contributed by atoms with Gasteiger partial charge in [0.2, 0.25) is 11.7 Å². The minimum absolute atomic E-state index is 0.0126. The summed E-state index contributed by atoms with van der Waals surface area (Å²) in [6.07, 6.45) is -1.34. The number of imidazole rings is 1. The van der Waals surface area contributed by atoms with Crippen LogP contribution < -0.4 is 5.73 Å². The van der Waals surface area contributed by atoms with E-state index in [4.69, 9.17) is 5.73 Å². The van der Waals surface area contributed by atoms with Gasteiger partial charge in [-0.3, -0.25) is 4.79 Å². The van der Waals surface area contributed by atoms with Gasteiger partial charge in [0.15, 0.2) is 11.6 Å². The van der Waals surface area contributed by atoms with Crippen molar-refractivity contribution < 1.29 is 31.1 Å². The predicted octanol–water partition coefficient (Wildman–Crippen LogP) is 3.08. The lowest BCUT2D eigenvalue weighted by molar-refractivity contribution is -0.148. The Bertz CT molecular complexity index is 1210. The summed E-state index contributed by atoms with van der Waals surface area (Å²) in [5.74, 6) is -5.13. The molecule has 4 rings (SSSR count). The Kier molecular flexibility index (Phi) is 6.30. The van der Waals surface area contributed by atoms with E-state index in [1.807, 2.05) is 0 Å². The lowest BCUT2D eigenvalue weighted by Crippen LogP contribution is -2.42. The zero-order valence-corrected chi connectivity index (χ0v) is 17.5. The molecule has 0 saturated heterocycles. The van der Waals surface area contributed by atoms with Crippen LogP contribution in [0.1, 0.15) is 23.5 Å². The maximum Gasteiger partial charge on any atom is 0.449 e. The van der Waals surface area contributed by atoms with Gasteiger partial charge in [0.1, 0.15) is 12.1 Å². The number of hydrogen-bond acceptors (Lipinski definition) is 5. The highest BCUT2D eigenvalue weighted by Gasteiger charge is 2.41. The van der Waals surface area contributed by atoms with Gasteiger partial charge >= 0.3 is 6.18 Å². The maximum atomic E-state index is 13.9. The molecule has 180 valence electrons. The Hall–Kier alpha value is -3.48. The number of carbonyl (C=O) groups excluding carboxylic acids is 1. The summed E-state index contributed by atoms with van der Waals surface area (Å²) in [5, 5.41) is 0. The molecule has 13 heteroatoms. The molecule has 2 aromatic heterocycles. The highest BCUT2D eigenvalue weighted by Crippen LogP contribution is 2.35. The van der Waals surface area contributed by atoms with Gasteiger partial charge in [0.05, 0.1) is 17.9 Å². The number of hydrogen-bond donors (Lipinski definition) is 1. The molecule has 3 aromatic rings. The first-order chi connectivity index (χ1) is 16.0. The monoisotopic (exact) mass is 484 g/mol. The van der Waals surface area contributed by atoms with Gasteiger partial charge < -0.3 is 15.2 Å². The number of carbonyl (C=O) groups is 1. The van der Waals surface area contributed by atoms with Crippen molar-refractivity contribution in [3.8, 4) is 11.3 Å². The predicted molar refractivity (Wildman–Crippen MR) is 106 cm³/mol. The summed E-state index contributed by atoms with van der Waals surface area (Å²) in [6, 6.07) is 0.158. The molecule has 0 radical (unpaired) electrons. The summed E-state index contributed by atoms with van der Waals surface area (Å²) in [4.78, 5) is 25.5. The fourth-order valence-electron chi connectivity index (χ4n) is 3.88. The summed E-state index contributed by atoms with van der Waals surface area (Å²) < 4.78 is 82.0. The van der Waals surface area contributed by atoms with Crippen LogP contribution in [0.5, 0.6) is 0 Å². The highest BCUT2D eigenvalue weighted by molar-refractivity contribution is 5.77. The van der Waals surface area contributed by atoms with Crippen LogP contribution in [0.25, 0.3) is 11.3 Å². The van der Waals surface area contributed by atoms with Crippen molar-refractivity contribution in [1.29, 1.82) is 0 Å². The van der Waals surface area contributed by atoms with E-state index in [2.05, 4.69) is 15.0 Å². The molecular formula is C21H18F6N6O. The van der Waals surface area contributed by atoms with Crippen molar-refractivity contribution in [3.63, 3.8) is 0 Å². The number of alkyl halides is 3. The van der Waals surface area contributed by atoms with Crippen molar-refractivity contribution in [2.75, 3.05) is 6.54 Å². The van der Waals surface area contributed by atoms with Crippen LogP contribution in [0, 0.1) is 17.5 Å². The normalized spacial score (nSPS) is 14.7. The average Bonchev–Trinajstić information content (AvgIpc) is 3.17. The van der Waals surface area contributed by atoms with Crippen LogP contribution in [0.15, 0.2) is 30.9 Å². The van der Waals surface area contributed by atoms with Crippen molar-refractivity contribution in [2.24, 2.45) is 5.73 Å². The molecule has 1 aromatic carbocycles. The standard InChI is InChI=1S/C21H18F6N6O/c22-14-6-16(24)15(23)4-11(14)3-13(28)5-18(34)32-1-2-33-17(9-32)19(12-7-29-10-30-8-12)31-20(33)21(25,26)27/h4,6-8,10,13H,1-3,5,9,28H2/t13-/m1/s1. The third-order valence-corrected chi connectivity index (χ3v) is 5.46. The van der Waals surface area contributed by atoms with Crippen LogP contribution in [0.4, 0.5) is 26.3 Å². The first kappa shape index (κ1) is 23.7. The Labute approximate surface area is 189 Å². The lowest BCUT2D eigenvalue weighted by Gasteiger charge is -2.30. The Morgan fingerprint density at radius 3 is 2.41 bits per heavy atom. The Morgan fingerprint density at radius 2 is 1.74 bits per heavy atom. The molecule has 0 unspecified atom stereocenters. The second kappa shape index (κ2) is 9.05. The minimum atomic E-state index is -4.70. The van der Waals surface area contributed by atoms with Gasteiger partial charge in [-0.1, -0.05) is 0 Å². The largest absolute Gasteiger partial charge is 0.449 e. The van der Waals surface area contributed by atoms with Crippen molar-refractivity contribution >= 4 is 5.91 Å². The molecule has 1 aliphatic rings. The molecule has 0 bridgehead atoms. The van der Waals surface area contributed by atoms with Gasteiger partial charge in [-0.05, 0) is 18.1 Å². The lowest BCUT2D eigenvalue weighted by atomic mass is 10.0. The average molecular weight is 484 g/mol. The molecule has 0 aliphatic carbocycles. The maximum absolute atomic E-state index is 13.9. The minimum Gasteiger partial charge on any atom is -0.335 e. The SMILES string of the molecule is N[C@@H](CC(=O)N1CCn2c(C(F)(F)F)nc(-c3cncnc3)c2C1)Cc1cc(F)c(F)cc1F. The molecule has 2 N–H and O–H groups in total. The van der Waals surface area contributed by atoms with E-state index in [0.29, 0.717) is 12.1 Å². The van der Waals surface area contributed by atoms with Gasteiger partial charge in [0.25, 0.3) is 0 Å². The molecule has 7 nitrogen and oxygen atoms in total. The van der Waals surface area contributed by atoms with E-state index in [0.717, 1.165) is 4.57 Å². The van der Waals surface area contributed by atoms with E-state index in [9.17, 15) is 31.1 Å². The van der Waals surface area contributed by atoms with Crippen LogP contribution in [-0.4, -0.2) is 42.9 Å². The van der Waals surface area contributed by atoms with Crippen LogP contribution in [-0.2, 0) is 30.5 Å². The molecular weight excluding hydrogens is 466 g/mol. The summed E-state index contributed by atoms with van der Waals surface area (Å²) in [5.41, 5.74) is 6.20. The van der Waals surface area contributed by atoms with Crippen molar-refractivity contribution in [3.05, 3.63) is 65.4 Å². The van der Waals surface area contributed by atoms with Crippen LogP contribution in [0.3, 0.4) is 0 Å². The fraction of sp³-hybridized carbons (Fsp3) is 0.333. The van der Waals surface area contributed by atoms with Gasteiger partial charge in [-0.25, -0.2) is 28.1 Å². The van der Waals surface area contributed by atoms with Crippen LogP contribution in [0.2, 0.25) is 0 Å². The van der Waals surface area contributed by atoms with E-state index >= 15 is 0 Å². The summed E-state index contributed by atoms with van der Waals surface area (Å²) >= 11 is 0. The number of nitrogens with zero attached hydrogens (tertiary/aromatic N) is 5. The smallest absolute Gasteiger partial charge is 0.335 e. The van der Waals surface area contributed by atoms with Gasteiger partial charge in [-0.15, -0.1) is 0 Å². The molecule has 1 amide bonds. The van der Waals surface area contributed by atoms with E-state index in [-0.39, 0.29) is 55.0 Å². The molecule has 1 aliphatic heterocycles. The number of nitrogens with two attached hydrogens (primary N) is 1. The van der Waals surface area contributed by atoms with Crippen molar-refractivity contribution in [2.45, 2.75) is 38.1 Å². The number of fused-ring (bicyclic) bond motifs is 1. The zero-order chi connectivity index (χ0) is 24.6. The second-order valence-corrected chi connectivity index (χ2v) is 7.85. The number of halogens is 6. The molecule has 3 heterocycles. The molecule has 0 fully saturated rings. The topological polar surface area (TPSA) is 89.9 Å². The third kappa shape index (κ3) is 4.74. The van der Waals surface area contributed by atoms with Gasteiger partial charge in [-0.2, -0.15) is 13.2 Å². The van der Waals surface area contributed by atoms with E-state index in [1.54, 1.807) is 0 Å². The first-order valence-corrected chi connectivity index (χ1v) is 10.1. The number of aromatic nitrogens is 4. The summed E-state index contributed by atoms with van der Waals surface area (Å²) in [6.45, 7) is -0.343. The summed E-state index contributed by atoms with van der Waals surface area (Å²) in [7, 11) is 0. The number of rotatable bonds is 5. The van der Waals surface area contributed by atoms with E-state index in [1.165, 1.54) is 23.6 Å². The van der Waals surface area contributed by atoms with E-state index < -0.39 is 41.4 Å². The molecule has 0 spiro atoms. The zero-order valence-electron chi connectivity index (χ0n) is 17.5. The fourth-order valence-corrected chi connectivity index (χ4v) is 3.88. The highest BCUT2D eigenvalue weighted by atomic mass is 19.4. The number of benzene rings is 1. The Balaban J connectivity index is 1.53. The van der Waals surface area contributed by atoms with Gasteiger partial charge in [0, 0.05) is 49.6 Å². The van der Waals surface area contributed by atoms with Crippen molar-refractivity contribution in [1.82, 2.24) is 24.4 Å². The quantitative estimate of drug-likeness (QED) is 0.444. The molecule has 0 saturated carbocycles. The molecule has 1 atom stereocenters. The third-order valence-electron chi connectivity index (χ3n) is 5.46. The number of amides is 1.